The number of carbonyl (C=O) groups is 1. The van der Waals surface area contributed by atoms with Crippen molar-refractivity contribution in [1.82, 2.24) is 10.2 Å². The molecule has 3 fully saturated rings. The van der Waals surface area contributed by atoms with E-state index < -0.39 is 30.6 Å². The number of rotatable bonds is 6. The molecule has 3 aliphatic heterocycles. The zero-order valence-corrected chi connectivity index (χ0v) is 19.9. The van der Waals surface area contributed by atoms with Gasteiger partial charge in [0.15, 0.2) is 6.29 Å². The maximum atomic E-state index is 12.7. The molecular formula is C25H32N4O6. The summed E-state index contributed by atoms with van der Waals surface area (Å²) in [5.74, 6) is 1.48. The number of nitrogens with one attached hydrogen (secondary N) is 2. The fourth-order valence-electron chi connectivity index (χ4n) is 5.14. The Bertz CT molecular complexity index is 1030. The highest BCUT2D eigenvalue weighted by atomic mass is 16.7. The number of carbonyl (C=O) groups excluding carboxylic acids is 1. The Kier molecular flexibility index (Phi) is 6.96. The molecule has 2 bridgehead atoms. The first-order valence-corrected chi connectivity index (χ1v) is 11.9. The van der Waals surface area contributed by atoms with Crippen molar-refractivity contribution in [3.05, 3.63) is 48.5 Å². The van der Waals surface area contributed by atoms with Gasteiger partial charge in [-0.25, -0.2) is 4.79 Å². The Labute approximate surface area is 204 Å². The second-order valence-electron chi connectivity index (χ2n) is 8.91. The van der Waals surface area contributed by atoms with Gasteiger partial charge in [0, 0.05) is 37.9 Å². The van der Waals surface area contributed by atoms with Crippen molar-refractivity contribution in [2.45, 2.75) is 30.6 Å². The molecule has 3 saturated heterocycles. The van der Waals surface area contributed by atoms with Gasteiger partial charge in [-0.15, -0.1) is 0 Å². The van der Waals surface area contributed by atoms with Gasteiger partial charge in [-0.05, 0) is 24.3 Å². The molecule has 188 valence electrons. The number of hydrogen-bond donors (Lipinski definition) is 3. The van der Waals surface area contributed by atoms with Gasteiger partial charge in [0.05, 0.1) is 44.7 Å². The fraction of sp³-hybridized carbons (Fsp3) is 0.480. The van der Waals surface area contributed by atoms with Crippen LogP contribution in [0.4, 0.5) is 16.2 Å². The molecule has 3 N–H and O–H groups in total. The van der Waals surface area contributed by atoms with E-state index in [1.165, 1.54) is 0 Å². The van der Waals surface area contributed by atoms with Crippen molar-refractivity contribution in [2.75, 3.05) is 57.2 Å². The van der Waals surface area contributed by atoms with Crippen molar-refractivity contribution in [1.29, 1.82) is 0 Å². The lowest BCUT2D eigenvalue weighted by atomic mass is 9.94. The van der Waals surface area contributed by atoms with Crippen molar-refractivity contribution >= 4 is 17.4 Å². The lowest BCUT2D eigenvalue weighted by molar-refractivity contribution is -0.181. The molecule has 0 aromatic heterocycles. The number of hydrogen-bond acceptors (Lipinski definition) is 8. The molecule has 35 heavy (non-hydrogen) atoms. The summed E-state index contributed by atoms with van der Waals surface area (Å²) < 4.78 is 22.7. The maximum absolute atomic E-state index is 12.7. The highest BCUT2D eigenvalue weighted by molar-refractivity contribution is 5.89. The van der Waals surface area contributed by atoms with E-state index >= 15 is 0 Å². The Morgan fingerprint density at radius 2 is 1.86 bits per heavy atom. The number of amides is 2. The molecule has 10 heteroatoms. The number of aliphatic hydroxyl groups is 1. The van der Waals surface area contributed by atoms with Crippen LogP contribution in [0.15, 0.2) is 48.5 Å². The highest BCUT2D eigenvalue weighted by Gasteiger charge is 2.53. The number of aliphatic hydroxyl groups excluding tert-OH is 1. The summed E-state index contributed by atoms with van der Waals surface area (Å²) in [5, 5.41) is 17.0. The monoisotopic (exact) mass is 484 g/mol. The minimum Gasteiger partial charge on any atom is -0.497 e. The number of piperazine rings is 1. The zero-order chi connectivity index (χ0) is 24.4. The topological polar surface area (TPSA) is 105 Å². The summed E-state index contributed by atoms with van der Waals surface area (Å²) >= 11 is 0. The third-order valence-corrected chi connectivity index (χ3v) is 6.92. The minimum absolute atomic E-state index is 0.323. The average molecular weight is 485 g/mol. The number of nitrogens with zero attached hydrogens (tertiary/aromatic N) is 2. The van der Waals surface area contributed by atoms with Crippen molar-refractivity contribution < 1.29 is 28.8 Å². The third-order valence-electron chi connectivity index (χ3n) is 6.92. The lowest BCUT2D eigenvalue weighted by Gasteiger charge is -2.47. The number of para-hydroxylation sites is 2. The first-order chi connectivity index (χ1) is 17.1. The summed E-state index contributed by atoms with van der Waals surface area (Å²) in [5.41, 5.74) is 1.65. The van der Waals surface area contributed by atoms with Crippen molar-refractivity contribution in [2.24, 2.45) is 0 Å². The standard InChI is InChI=1S/C25H32N4O6/c1-32-17-7-5-6-16(14-17)26-25(31)27-21-20-15-34-24(35-20)22(23(21)30)29-12-10-28(11-13-29)18-8-3-4-9-19(18)33-2/h3-9,14,20-24,30H,10-13,15H2,1-2H3,(H2,26,27,31)/t20-,21-,22+,23-,24+/m0/s1. The van der Waals surface area contributed by atoms with Crippen LogP contribution in [0.3, 0.4) is 0 Å². The molecule has 2 aromatic rings. The molecule has 2 amide bonds. The van der Waals surface area contributed by atoms with Gasteiger partial charge in [-0.3, -0.25) is 4.90 Å². The van der Waals surface area contributed by atoms with Crippen LogP contribution in [0.1, 0.15) is 0 Å². The van der Waals surface area contributed by atoms with Crippen LogP contribution in [0.25, 0.3) is 0 Å². The molecule has 3 heterocycles. The summed E-state index contributed by atoms with van der Waals surface area (Å²) in [6.07, 6.45) is -1.76. The Morgan fingerprint density at radius 3 is 2.63 bits per heavy atom. The minimum atomic E-state index is -0.838. The van der Waals surface area contributed by atoms with E-state index in [-0.39, 0.29) is 6.04 Å². The molecule has 2 aromatic carbocycles. The smallest absolute Gasteiger partial charge is 0.319 e. The summed E-state index contributed by atoms with van der Waals surface area (Å²) in [6, 6.07) is 13.7. The van der Waals surface area contributed by atoms with E-state index in [1.807, 2.05) is 18.2 Å². The van der Waals surface area contributed by atoms with E-state index in [2.05, 4.69) is 26.5 Å². The van der Waals surface area contributed by atoms with Crippen LogP contribution in [0.5, 0.6) is 11.5 Å². The van der Waals surface area contributed by atoms with Gasteiger partial charge in [0.1, 0.15) is 17.6 Å². The van der Waals surface area contributed by atoms with Crippen LogP contribution in [0, 0.1) is 0 Å². The van der Waals surface area contributed by atoms with E-state index in [1.54, 1.807) is 38.5 Å². The molecule has 10 nitrogen and oxygen atoms in total. The van der Waals surface area contributed by atoms with Crippen molar-refractivity contribution in [3.63, 3.8) is 0 Å². The van der Waals surface area contributed by atoms with Gasteiger partial charge in [0.25, 0.3) is 0 Å². The molecule has 0 unspecified atom stereocenters. The second-order valence-corrected chi connectivity index (χ2v) is 8.91. The van der Waals surface area contributed by atoms with Crippen LogP contribution >= 0.6 is 0 Å². The summed E-state index contributed by atoms with van der Waals surface area (Å²) in [4.78, 5) is 17.2. The van der Waals surface area contributed by atoms with E-state index in [0.717, 1.165) is 37.6 Å². The summed E-state index contributed by atoms with van der Waals surface area (Å²) in [6.45, 7) is 3.30. The molecule has 5 rings (SSSR count). The lowest BCUT2D eigenvalue weighted by Crippen LogP contribution is -2.67. The maximum Gasteiger partial charge on any atom is 0.319 e. The number of methoxy groups -OCH3 is 2. The number of anilines is 2. The molecule has 3 aliphatic rings. The molecule has 0 radical (unpaired) electrons. The van der Waals surface area contributed by atoms with Crippen molar-refractivity contribution in [3.8, 4) is 11.5 Å². The molecular weight excluding hydrogens is 452 g/mol. The molecule has 5 atom stereocenters. The zero-order valence-electron chi connectivity index (χ0n) is 19.9. The van der Waals surface area contributed by atoms with Crippen LogP contribution < -0.4 is 25.0 Å². The third kappa shape index (κ3) is 4.87. The quantitative estimate of drug-likeness (QED) is 0.567. The van der Waals surface area contributed by atoms with Gasteiger partial charge in [0.2, 0.25) is 0 Å². The first-order valence-electron chi connectivity index (χ1n) is 11.9. The van der Waals surface area contributed by atoms with Gasteiger partial charge >= 0.3 is 6.03 Å². The summed E-state index contributed by atoms with van der Waals surface area (Å²) in [7, 11) is 3.25. The average Bonchev–Trinajstić information content (AvgIpc) is 3.32. The predicted molar refractivity (Wildman–Crippen MR) is 130 cm³/mol. The largest absolute Gasteiger partial charge is 0.497 e. The Hall–Kier alpha value is -3.05. The van der Waals surface area contributed by atoms with Gasteiger partial charge in [-0.2, -0.15) is 0 Å². The Balaban J connectivity index is 1.23. The number of fused-ring (bicyclic) bond motifs is 2. The fourth-order valence-corrected chi connectivity index (χ4v) is 5.14. The predicted octanol–water partition coefficient (Wildman–Crippen LogP) is 1.50. The first kappa shape index (κ1) is 23.7. The molecule has 0 saturated carbocycles. The number of ether oxygens (including phenoxy) is 4. The number of urea groups is 1. The van der Waals surface area contributed by atoms with E-state index in [0.29, 0.717) is 18.0 Å². The van der Waals surface area contributed by atoms with Crippen LogP contribution in [-0.4, -0.2) is 93.6 Å². The highest BCUT2D eigenvalue weighted by Crippen LogP contribution is 2.34. The number of benzene rings is 2. The second kappa shape index (κ2) is 10.3. The molecule has 0 aliphatic carbocycles. The van der Waals surface area contributed by atoms with Gasteiger partial charge < -0.3 is 39.6 Å². The van der Waals surface area contributed by atoms with Gasteiger partial charge in [-0.1, -0.05) is 18.2 Å². The van der Waals surface area contributed by atoms with Crippen LogP contribution in [-0.2, 0) is 9.47 Å². The normalized spacial score (nSPS) is 28.4. The molecule has 0 spiro atoms. The Morgan fingerprint density at radius 1 is 1.06 bits per heavy atom. The van der Waals surface area contributed by atoms with Crippen LogP contribution in [0.2, 0.25) is 0 Å². The van der Waals surface area contributed by atoms with E-state index in [9.17, 15) is 9.90 Å². The SMILES string of the molecule is COc1cccc(NC(=O)N[C@@H]2[C@H](O)[C@@H](N3CCN(c4ccccc4OC)CC3)[C@@H]3OC[C@@H]2O3)c1. The van der Waals surface area contributed by atoms with E-state index in [4.69, 9.17) is 18.9 Å².